The van der Waals surface area contributed by atoms with Crippen molar-refractivity contribution in [2.45, 2.75) is 4.90 Å². The van der Waals surface area contributed by atoms with Crippen molar-refractivity contribution < 1.29 is 21.4 Å². The van der Waals surface area contributed by atoms with Gasteiger partial charge in [-0.1, -0.05) is 23.2 Å². The van der Waals surface area contributed by atoms with Crippen LogP contribution in [-0.4, -0.2) is 8.42 Å². The third-order valence-electron chi connectivity index (χ3n) is 2.26. The van der Waals surface area contributed by atoms with Crippen LogP contribution in [0.3, 0.4) is 0 Å². The molecular weight excluding hydrogens is 333 g/mol. The Hall–Kier alpha value is -1.37. The Bertz CT molecular complexity index is 763. The van der Waals surface area contributed by atoms with Gasteiger partial charge in [-0.05, 0) is 36.4 Å². The second-order valence-electron chi connectivity index (χ2n) is 3.69. The van der Waals surface area contributed by atoms with E-state index in [2.05, 4.69) is 4.18 Å². The van der Waals surface area contributed by atoms with Gasteiger partial charge in [-0.2, -0.15) is 8.42 Å². The Kier molecular flexibility index (Phi) is 4.17. The van der Waals surface area contributed by atoms with E-state index in [4.69, 9.17) is 23.2 Å². The zero-order chi connectivity index (χ0) is 14.9. The zero-order valence-electron chi connectivity index (χ0n) is 9.61. The number of hydrogen-bond acceptors (Lipinski definition) is 3. The van der Waals surface area contributed by atoms with Gasteiger partial charge in [0.05, 0.1) is 5.02 Å². The average molecular weight is 339 g/mol. The van der Waals surface area contributed by atoms with Gasteiger partial charge in [0.25, 0.3) is 0 Å². The summed E-state index contributed by atoms with van der Waals surface area (Å²) in [6.07, 6.45) is 0. The maximum atomic E-state index is 13.6. The average Bonchev–Trinajstić information content (AvgIpc) is 2.32. The molecule has 0 aromatic heterocycles. The lowest BCUT2D eigenvalue weighted by Crippen LogP contribution is -2.12. The summed E-state index contributed by atoms with van der Waals surface area (Å²) >= 11 is 11.2. The highest BCUT2D eigenvalue weighted by Crippen LogP contribution is 2.29. The van der Waals surface area contributed by atoms with Crippen LogP contribution in [0.2, 0.25) is 10.0 Å². The van der Waals surface area contributed by atoms with Crippen molar-refractivity contribution in [2.24, 2.45) is 0 Å². The molecule has 3 nitrogen and oxygen atoms in total. The second kappa shape index (κ2) is 5.55. The Morgan fingerprint density at radius 1 is 1.00 bits per heavy atom. The standard InChI is InChI=1S/C12H6Cl2F2O3S/c13-7-1-4-12(10(16)5-7)20(17,18)19-11-3-2-8(15)6-9(11)14/h1-6H. The quantitative estimate of drug-likeness (QED) is 0.793. The summed E-state index contributed by atoms with van der Waals surface area (Å²) < 4.78 is 54.9. The molecule has 0 fully saturated rings. The number of benzene rings is 2. The molecule has 0 atom stereocenters. The van der Waals surface area contributed by atoms with Crippen LogP contribution >= 0.6 is 23.2 Å². The Morgan fingerprint density at radius 3 is 2.30 bits per heavy atom. The van der Waals surface area contributed by atoms with E-state index in [1.54, 1.807) is 0 Å². The van der Waals surface area contributed by atoms with Crippen LogP contribution in [0.1, 0.15) is 0 Å². The smallest absolute Gasteiger partial charge is 0.342 e. The molecule has 0 N–H and O–H groups in total. The second-order valence-corrected chi connectivity index (χ2v) is 6.05. The van der Waals surface area contributed by atoms with Crippen molar-refractivity contribution in [1.29, 1.82) is 0 Å². The Balaban J connectivity index is 2.41. The van der Waals surface area contributed by atoms with Crippen molar-refractivity contribution in [3.05, 3.63) is 58.1 Å². The lowest BCUT2D eigenvalue weighted by Gasteiger charge is -2.09. The minimum atomic E-state index is -4.44. The van der Waals surface area contributed by atoms with Gasteiger partial charge in [-0.3, -0.25) is 0 Å². The summed E-state index contributed by atoms with van der Waals surface area (Å²) in [6, 6.07) is 5.88. The van der Waals surface area contributed by atoms with E-state index in [9.17, 15) is 17.2 Å². The molecular formula is C12H6Cl2F2O3S. The molecule has 2 rings (SSSR count). The molecule has 2 aromatic carbocycles. The summed E-state index contributed by atoms with van der Waals surface area (Å²) in [4.78, 5) is -0.692. The minimum Gasteiger partial charge on any atom is -0.377 e. The first-order valence-corrected chi connectivity index (χ1v) is 7.30. The first-order chi connectivity index (χ1) is 9.29. The molecule has 0 saturated heterocycles. The summed E-state index contributed by atoms with van der Waals surface area (Å²) in [6.45, 7) is 0. The number of hydrogen-bond donors (Lipinski definition) is 0. The molecule has 0 heterocycles. The molecule has 0 aliphatic heterocycles. The largest absolute Gasteiger partial charge is 0.377 e. The summed E-state index contributed by atoms with van der Waals surface area (Å²) in [5.41, 5.74) is 0. The first kappa shape index (κ1) is 15.0. The number of halogens is 4. The highest BCUT2D eigenvalue weighted by molar-refractivity contribution is 7.87. The van der Waals surface area contributed by atoms with Crippen LogP contribution in [0.5, 0.6) is 5.75 Å². The molecule has 2 aromatic rings. The minimum absolute atomic E-state index is 0.0428. The van der Waals surface area contributed by atoms with Crippen LogP contribution < -0.4 is 4.18 Å². The van der Waals surface area contributed by atoms with Gasteiger partial charge < -0.3 is 4.18 Å². The maximum absolute atomic E-state index is 13.6. The van der Waals surface area contributed by atoms with Crippen LogP contribution in [0.15, 0.2) is 41.3 Å². The van der Waals surface area contributed by atoms with E-state index < -0.39 is 26.6 Å². The fraction of sp³-hybridized carbons (Fsp3) is 0. The molecule has 0 aliphatic rings. The lowest BCUT2D eigenvalue weighted by molar-refractivity contribution is 0.475. The van der Waals surface area contributed by atoms with Crippen molar-refractivity contribution in [3.63, 3.8) is 0 Å². The van der Waals surface area contributed by atoms with Crippen LogP contribution in [0.25, 0.3) is 0 Å². The summed E-state index contributed by atoms with van der Waals surface area (Å²) in [5, 5.41) is -0.204. The molecule has 0 bridgehead atoms. The molecule has 106 valence electrons. The molecule has 0 spiro atoms. The van der Waals surface area contributed by atoms with Crippen molar-refractivity contribution in [1.82, 2.24) is 0 Å². The fourth-order valence-electron chi connectivity index (χ4n) is 1.38. The van der Waals surface area contributed by atoms with E-state index in [1.807, 2.05) is 0 Å². The molecule has 8 heteroatoms. The summed E-state index contributed by atoms with van der Waals surface area (Å²) in [7, 11) is -4.44. The van der Waals surface area contributed by atoms with Crippen molar-refractivity contribution >= 4 is 33.3 Å². The fourth-order valence-corrected chi connectivity index (χ4v) is 2.80. The van der Waals surface area contributed by atoms with Gasteiger partial charge in [0.2, 0.25) is 0 Å². The highest BCUT2D eigenvalue weighted by Gasteiger charge is 2.22. The van der Waals surface area contributed by atoms with E-state index in [1.165, 1.54) is 6.07 Å². The Labute approximate surface area is 123 Å². The lowest BCUT2D eigenvalue weighted by atomic mass is 10.3. The van der Waals surface area contributed by atoms with Gasteiger partial charge in [0.1, 0.15) is 16.5 Å². The third kappa shape index (κ3) is 3.20. The maximum Gasteiger partial charge on any atom is 0.342 e. The monoisotopic (exact) mass is 338 g/mol. The van der Waals surface area contributed by atoms with Crippen molar-refractivity contribution in [3.8, 4) is 5.75 Å². The van der Waals surface area contributed by atoms with E-state index in [0.29, 0.717) is 0 Å². The van der Waals surface area contributed by atoms with E-state index in [0.717, 1.165) is 30.3 Å². The normalized spacial score (nSPS) is 11.4. The predicted molar refractivity (Wildman–Crippen MR) is 70.6 cm³/mol. The summed E-state index contributed by atoms with van der Waals surface area (Å²) in [5.74, 6) is -2.02. The first-order valence-electron chi connectivity index (χ1n) is 5.14. The predicted octanol–water partition coefficient (Wildman–Crippen LogP) is 4.04. The SMILES string of the molecule is O=S(=O)(Oc1ccc(F)cc1Cl)c1ccc(Cl)cc1F. The van der Waals surface area contributed by atoms with E-state index in [-0.39, 0.29) is 15.8 Å². The van der Waals surface area contributed by atoms with Gasteiger partial charge in [0, 0.05) is 5.02 Å². The van der Waals surface area contributed by atoms with Crippen molar-refractivity contribution in [2.75, 3.05) is 0 Å². The van der Waals surface area contributed by atoms with Crippen LogP contribution in [0, 0.1) is 11.6 Å². The molecule has 0 amide bonds. The van der Waals surface area contributed by atoms with Crippen LogP contribution in [-0.2, 0) is 10.1 Å². The van der Waals surface area contributed by atoms with E-state index >= 15 is 0 Å². The van der Waals surface area contributed by atoms with Gasteiger partial charge in [-0.15, -0.1) is 0 Å². The van der Waals surface area contributed by atoms with Crippen LogP contribution in [0.4, 0.5) is 8.78 Å². The van der Waals surface area contributed by atoms with Gasteiger partial charge in [0.15, 0.2) is 5.75 Å². The molecule has 0 radical (unpaired) electrons. The third-order valence-corrected chi connectivity index (χ3v) is 4.06. The Morgan fingerprint density at radius 2 is 1.70 bits per heavy atom. The topological polar surface area (TPSA) is 43.4 Å². The van der Waals surface area contributed by atoms with Gasteiger partial charge >= 0.3 is 10.1 Å². The molecule has 0 aliphatic carbocycles. The van der Waals surface area contributed by atoms with Gasteiger partial charge in [-0.25, -0.2) is 8.78 Å². The highest BCUT2D eigenvalue weighted by atomic mass is 35.5. The molecule has 20 heavy (non-hydrogen) atoms. The zero-order valence-corrected chi connectivity index (χ0v) is 11.9. The molecule has 0 unspecified atom stereocenters. The molecule has 0 saturated carbocycles. The number of rotatable bonds is 3.